The summed E-state index contributed by atoms with van der Waals surface area (Å²) in [5, 5.41) is 9.93. The minimum atomic E-state index is -0.524. The Morgan fingerprint density at radius 2 is 1.97 bits per heavy atom. The molecule has 9 heteroatoms. The molecule has 0 spiro atoms. The molecule has 1 aromatic carbocycles. The minimum Gasteiger partial charge on any atom is -0.483 e. The summed E-state index contributed by atoms with van der Waals surface area (Å²) < 4.78 is 13.8. The van der Waals surface area contributed by atoms with Gasteiger partial charge in [0, 0.05) is 37.6 Å². The van der Waals surface area contributed by atoms with Crippen molar-refractivity contribution in [3.63, 3.8) is 0 Å². The molecule has 2 amide bonds. The summed E-state index contributed by atoms with van der Waals surface area (Å²) in [6.07, 6.45) is 3.37. The molecular weight excluding hydrogens is 381 g/mol. The zero-order valence-electron chi connectivity index (χ0n) is 15.9. The van der Waals surface area contributed by atoms with E-state index in [1.807, 2.05) is 0 Å². The van der Waals surface area contributed by atoms with E-state index in [1.54, 1.807) is 11.9 Å². The number of carboxylic acid groups (broad SMARTS) is 1. The molecule has 3 atom stereocenters. The van der Waals surface area contributed by atoms with Crippen LogP contribution in [0.4, 0.5) is 4.39 Å². The van der Waals surface area contributed by atoms with Crippen LogP contribution in [0.2, 0.25) is 0 Å². The number of carbonyl (C=O) groups is 3. The topological polar surface area (TPSA) is 120 Å². The van der Waals surface area contributed by atoms with Gasteiger partial charge in [-0.3, -0.25) is 19.2 Å². The van der Waals surface area contributed by atoms with Crippen LogP contribution >= 0.6 is 0 Å². The number of hydrogen-bond acceptors (Lipinski definition) is 4. The molecule has 1 aromatic heterocycles. The number of pyridine rings is 1. The van der Waals surface area contributed by atoms with Crippen molar-refractivity contribution in [2.75, 3.05) is 13.6 Å². The first-order chi connectivity index (χ1) is 13.9. The fourth-order valence-electron chi connectivity index (χ4n) is 4.28. The molecule has 1 aliphatic heterocycles. The Morgan fingerprint density at radius 3 is 2.69 bits per heavy atom. The van der Waals surface area contributed by atoms with Gasteiger partial charge in [0.25, 0.3) is 12.4 Å². The molecule has 154 valence electrons. The van der Waals surface area contributed by atoms with Crippen LogP contribution in [0.15, 0.2) is 29.2 Å². The van der Waals surface area contributed by atoms with Crippen molar-refractivity contribution in [1.82, 2.24) is 15.2 Å². The van der Waals surface area contributed by atoms with E-state index in [0.717, 1.165) is 12.8 Å². The van der Waals surface area contributed by atoms with Crippen molar-refractivity contribution in [3.8, 4) is 0 Å². The van der Waals surface area contributed by atoms with Gasteiger partial charge in [0.15, 0.2) is 0 Å². The van der Waals surface area contributed by atoms with Gasteiger partial charge in [0.1, 0.15) is 11.4 Å². The van der Waals surface area contributed by atoms with E-state index in [2.05, 4.69) is 10.3 Å². The Morgan fingerprint density at radius 1 is 1.28 bits per heavy atom. The summed E-state index contributed by atoms with van der Waals surface area (Å²) in [6, 6.07) is 4.22. The first-order valence-corrected chi connectivity index (χ1v) is 9.29. The molecule has 1 aliphatic carbocycles. The van der Waals surface area contributed by atoms with Crippen LogP contribution in [0.5, 0.6) is 0 Å². The summed E-state index contributed by atoms with van der Waals surface area (Å²) in [7, 11) is 1.69. The van der Waals surface area contributed by atoms with Gasteiger partial charge in [0.05, 0.1) is 5.52 Å². The number of aromatic nitrogens is 1. The lowest BCUT2D eigenvalue weighted by Crippen LogP contribution is -2.38. The first kappa shape index (κ1) is 20.5. The van der Waals surface area contributed by atoms with E-state index < -0.39 is 11.2 Å². The predicted octanol–water partition coefficient (Wildman–Crippen LogP) is 1.35. The molecule has 3 N–H and O–H groups in total. The summed E-state index contributed by atoms with van der Waals surface area (Å²) in [5.74, 6) is -0.178. The fraction of sp³-hybridized carbons (Fsp3) is 0.400. The zero-order valence-corrected chi connectivity index (χ0v) is 15.9. The molecule has 2 fully saturated rings. The van der Waals surface area contributed by atoms with Crippen molar-refractivity contribution in [2.45, 2.75) is 25.3 Å². The number of carbonyl (C=O) groups excluding carboxylic acids is 2. The maximum absolute atomic E-state index is 13.8. The molecule has 1 saturated carbocycles. The highest BCUT2D eigenvalue weighted by molar-refractivity contribution is 5.97. The third kappa shape index (κ3) is 3.98. The number of piperidine rings is 1. The van der Waals surface area contributed by atoms with Gasteiger partial charge in [-0.15, -0.1) is 0 Å². The van der Waals surface area contributed by atoms with E-state index >= 15 is 0 Å². The molecule has 8 nitrogen and oxygen atoms in total. The molecule has 0 bridgehead atoms. The number of para-hydroxylation sites is 1. The smallest absolute Gasteiger partial charge is 0.290 e. The molecule has 0 radical (unpaired) electrons. The molecule has 2 aliphatic rings. The number of aromatic amines is 1. The predicted molar refractivity (Wildman–Crippen MR) is 103 cm³/mol. The second-order valence-electron chi connectivity index (χ2n) is 7.37. The van der Waals surface area contributed by atoms with Crippen molar-refractivity contribution >= 4 is 29.2 Å². The third-order valence-electron chi connectivity index (χ3n) is 5.79. The highest BCUT2D eigenvalue weighted by Gasteiger charge is 2.41. The lowest BCUT2D eigenvalue weighted by atomic mass is 9.89. The number of H-pyrrole nitrogens is 1. The first-order valence-electron chi connectivity index (χ1n) is 9.29. The van der Waals surface area contributed by atoms with Gasteiger partial charge in [-0.25, -0.2) is 4.39 Å². The average molecular weight is 403 g/mol. The van der Waals surface area contributed by atoms with Crippen LogP contribution in [-0.4, -0.2) is 52.9 Å². The molecule has 29 heavy (non-hydrogen) atoms. The summed E-state index contributed by atoms with van der Waals surface area (Å²) in [6.45, 7) is 0.401. The van der Waals surface area contributed by atoms with Gasteiger partial charge >= 0.3 is 0 Å². The second-order valence-corrected chi connectivity index (χ2v) is 7.37. The lowest BCUT2D eigenvalue weighted by Gasteiger charge is -2.24. The highest BCUT2D eigenvalue weighted by atomic mass is 19.1. The van der Waals surface area contributed by atoms with Gasteiger partial charge in [-0.2, -0.15) is 0 Å². The molecule has 2 aromatic rings. The van der Waals surface area contributed by atoms with E-state index in [0.29, 0.717) is 18.9 Å². The maximum atomic E-state index is 13.8. The lowest BCUT2D eigenvalue weighted by molar-refractivity contribution is -0.124. The van der Waals surface area contributed by atoms with Crippen molar-refractivity contribution in [1.29, 1.82) is 0 Å². The Hall–Kier alpha value is -3.23. The maximum Gasteiger partial charge on any atom is 0.290 e. The molecular formula is C20H22FN3O5. The largest absolute Gasteiger partial charge is 0.483 e. The van der Waals surface area contributed by atoms with Gasteiger partial charge < -0.3 is 20.3 Å². The molecule has 0 unspecified atom stereocenters. The van der Waals surface area contributed by atoms with Gasteiger partial charge in [-0.1, -0.05) is 6.07 Å². The van der Waals surface area contributed by atoms with Crippen LogP contribution in [-0.2, 0) is 9.59 Å². The molecule has 1 saturated heterocycles. The van der Waals surface area contributed by atoms with E-state index in [9.17, 15) is 18.8 Å². The van der Waals surface area contributed by atoms with Crippen LogP contribution in [0.1, 0.15) is 29.6 Å². The molecule has 4 rings (SSSR count). The highest BCUT2D eigenvalue weighted by Crippen LogP contribution is 2.38. The number of nitrogens with zero attached hydrogens (tertiary/aromatic N) is 1. The zero-order chi connectivity index (χ0) is 21.1. The number of benzene rings is 1. The van der Waals surface area contributed by atoms with Crippen molar-refractivity contribution in [3.05, 3.63) is 46.0 Å². The summed E-state index contributed by atoms with van der Waals surface area (Å²) in [4.78, 5) is 49.8. The Bertz CT molecular complexity index is 1010. The van der Waals surface area contributed by atoms with Crippen molar-refractivity contribution in [2.24, 2.45) is 11.8 Å². The summed E-state index contributed by atoms with van der Waals surface area (Å²) >= 11 is 0. The second kappa shape index (κ2) is 8.42. The van der Waals surface area contributed by atoms with Crippen LogP contribution in [0, 0.1) is 17.7 Å². The summed E-state index contributed by atoms with van der Waals surface area (Å²) in [5.41, 5.74) is -0.356. The van der Waals surface area contributed by atoms with Crippen LogP contribution in [0.3, 0.4) is 0 Å². The third-order valence-corrected chi connectivity index (χ3v) is 5.79. The standard InChI is InChI=1S/C19H20FN3O3.CH2O2/c1-23(12-5-10-7-16(24)21-8-11(10)6-12)19(26)14-9-22-17-13(18(14)25)3-2-4-15(17)20;2-1-3/h2-4,9-12H,5-8H2,1H3,(H,21,24)(H,22,25);1H,(H,2,3)/t10-,11+,12-;/m1./s1. The number of halogens is 1. The van der Waals surface area contributed by atoms with Gasteiger partial charge in [-0.05, 0) is 36.8 Å². The average Bonchev–Trinajstić information content (AvgIpc) is 3.11. The van der Waals surface area contributed by atoms with E-state index in [-0.39, 0.29) is 46.7 Å². The minimum absolute atomic E-state index is 0.00666. The van der Waals surface area contributed by atoms with Crippen molar-refractivity contribution < 1.29 is 23.9 Å². The van der Waals surface area contributed by atoms with E-state index in [4.69, 9.17) is 9.90 Å². The number of nitrogens with one attached hydrogen (secondary N) is 2. The SMILES string of the molecule is CN(C(=O)c1c[nH]c2c(F)cccc2c1=O)[C@H]1C[C@H]2CNC(=O)C[C@H]2C1.O=CO. The Balaban J connectivity index is 0.000000755. The van der Waals surface area contributed by atoms with Gasteiger partial charge in [0.2, 0.25) is 11.3 Å². The number of hydrogen-bond donors (Lipinski definition) is 3. The number of rotatable bonds is 2. The number of fused-ring (bicyclic) bond motifs is 2. The Kier molecular flexibility index (Phi) is 5.95. The Labute approximate surface area is 165 Å². The fourth-order valence-corrected chi connectivity index (χ4v) is 4.28. The monoisotopic (exact) mass is 403 g/mol. The van der Waals surface area contributed by atoms with E-state index in [1.165, 1.54) is 24.4 Å². The quantitative estimate of drug-likeness (QED) is 0.654. The van der Waals surface area contributed by atoms with Crippen LogP contribution < -0.4 is 10.7 Å². The normalized spacial score (nSPS) is 22.8. The molecule has 2 heterocycles. The van der Waals surface area contributed by atoms with Crippen LogP contribution in [0.25, 0.3) is 10.9 Å². The number of amides is 2.